The fourth-order valence-electron chi connectivity index (χ4n) is 8.56. The monoisotopic (exact) mass is 408 g/mol. The molecule has 0 aromatic carbocycles. The molecule has 9 atom stereocenters. The van der Waals surface area contributed by atoms with Crippen molar-refractivity contribution in [3.8, 4) is 0 Å². The van der Waals surface area contributed by atoms with Crippen molar-refractivity contribution < 1.29 is 14.7 Å². The molecule has 30 heavy (non-hydrogen) atoms. The first-order valence-electron chi connectivity index (χ1n) is 11.6. The highest BCUT2D eigenvalue weighted by Gasteiger charge is 2.70. The Kier molecular flexibility index (Phi) is 4.95. The van der Waals surface area contributed by atoms with E-state index in [0.29, 0.717) is 29.6 Å². The predicted molar refractivity (Wildman–Crippen MR) is 119 cm³/mol. The molecule has 0 bridgehead atoms. The summed E-state index contributed by atoms with van der Waals surface area (Å²) in [6.45, 7) is 14.6. The van der Waals surface area contributed by atoms with Crippen LogP contribution in [0.2, 0.25) is 0 Å². The number of carbonyl (C=O) groups is 2. The Balaban J connectivity index is 1.78. The lowest BCUT2D eigenvalue weighted by Gasteiger charge is -2.61. The van der Waals surface area contributed by atoms with Gasteiger partial charge in [-0.25, -0.2) is 0 Å². The maximum atomic E-state index is 13.2. The van der Waals surface area contributed by atoms with E-state index in [-0.39, 0.29) is 29.3 Å². The first kappa shape index (κ1) is 21.5. The number of hydrogen-bond acceptors (Lipinski definition) is 3. The van der Waals surface area contributed by atoms with Crippen LogP contribution < -0.4 is 0 Å². The predicted octanol–water partition coefficient (Wildman–Crippen LogP) is 5.06. The van der Waals surface area contributed by atoms with Crippen molar-refractivity contribution in [3.63, 3.8) is 0 Å². The number of aliphatic hydroxyl groups is 1. The molecule has 0 amide bonds. The topological polar surface area (TPSA) is 54.4 Å². The Morgan fingerprint density at radius 2 is 2.00 bits per heavy atom. The highest BCUT2D eigenvalue weighted by molar-refractivity contribution is 6.01. The summed E-state index contributed by atoms with van der Waals surface area (Å²) >= 11 is 0. The first-order valence-corrected chi connectivity index (χ1v) is 11.6. The van der Waals surface area contributed by atoms with Gasteiger partial charge in [0, 0.05) is 17.3 Å². The normalized spacial score (nSPS) is 49.4. The van der Waals surface area contributed by atoms with E-state index < -0.39 is 11.0 Å². The molecule has 4 rings (SSSR count). The average Bonchev–Trinajstić information content (AvgIpc) is 2.88. The van der Waals surface area contributed by atoms with Gasteiger partial charge in [0.2, 0.25) is 0 Å². The van der Waals surface area contributed by atoms with Gasteiger partial charge in [-0.05, 0) is 73.0 Å². The molecule has 3 heteroatoms. The van der Waals surface area contributed by atoms with Crippen molar-refractivity contribution in [2.24, 2.45) is 46.3 Å². The molecule has 0 saturated heterocycles. The second kappa shape index (κ2) is 6.90. The van der Waals surface area contributed by atoms with Crippen molar-refractivity contribution in [2.45, 2.75) is 65.9 Å². The van der Waals surface area contributed by atoms with Crippen LogP contribution in [0.25, 0.3) is 0 Å². The molecule has 0 aliphatic heterocycles. The molecule has 4 aliphatic rings. The molecule has 3 nitrogen and oxygen atoms in total. The van der Waals surface area contributed by atoms with Gasteiger partial charge >= 0.3 is 0 Å². The third kappa shape index (κ3) is 2.61. The second-order valence-electron chi connectivity index (χ2n) is 11.1. The number of allylic oxidation sites excluding steroid dienone is 5. The van der Waals surface area contributed by atoms with Crippen molar-refractivity contribution in [3.05, 3.63) is 42.2 Å². The number of ketones is 2. The Morgan fingerprint density at radius 1 is 1.30 bits per heavy atom. The molecule has 0 radical (unpaired) electrons. The van der Waals surface area contributed by atoms with Crippen LogP contribution in [0.5, 0.6) is 0 Å². The van der Waals surface area contributed by atoms with Crippen molar-refractivity contribution in [1.82, 2.24) is 0 Å². The van der Waals surface area contributed by atoms with E-state index in [1.165, 1.54) is 5.57 Å². The maximum absolute atomic E-state index is 13.2. The van der Waals surface area contributed by atoms with Gasteiger partial charge in [0.1, 0.15) is 5.60 Å². The highest BCUT2D eigenvalue weighted by atomic mass is 16.3. The second-order valence-corrected chi connectivity index (χ2v) is 11.1. The summed E-state index contributed by atoms with van der Waals surface area (Å²) in [6, 6.07) is 0. The van der Waals surface area contributed by atoms with E-state index in [0.717, 1.165) is 19.3 Å². The largest absolute Gasteiger partial charge is 0.381 e. The van der Waals surface area contributed by atoms with Gasteiger partial charge in [0.15, 0.2) is 11.6 Å². The quantitative estimate of drug-likeness (QED) is 0.664. The van der Waals surface area contributed by atoms with Crippen LogP contribution in [0, 0.1) is 46.3 Å². The van der Waals surface area contributed by atoms with Crippen molar-refractivity contribution >= 4 is 11.6 Å². The summed E-state index contributed by atoms with van der Waals surface area (Å²) in [7, 11) is 0. The minimum absolute atomic E-state index is 0.0623. The van der Waals surface area contributed by atoms with E-state index in [1.54, 1.807) is 12.2 Å². The molecule has 3 saturated carbocycles. The Bertz CT molecular complexity index is 890. The van der Waals surface area contributed by atoms with Crippen LogP contribution in [0.1, 0.15) is 60.3 Å². The lowest BCUT2D eigenvalue weighted by atomic mass is 9.43. The highest BCUT2D eigenvalue weighted by Crippen LogP contribution is 2.70. The van der Waals surface area contributed by atoms with Gasteiger partial charge in [-0.15, -0.1) is 5.73 Å². The molecule has 162 valence electrons. The van der Waals surface area contributed by atoms with E-state index in [1.807, 2.05) is 6.08 Å². The minimum atomic E-state index is -1.30. The van der Waals surface area contributed by atoms with E-state index in [4.69, 9.17) is 0 Å². The van der Waals surface area contributed by atoms with Crippen molar-refractivity contribution in [2.75, 3.05) is 0 Å². The van der Waals surface area contributed by atoms with Crippen LogP contribution in [0.15, 0.2) is 42.2 Å². The van der Waals surface area contributed by atoms with Gasteiger partial charge in [-0.2, -0.15) is 0 Å². The van der Waals surface area contributed by atoms with E-state index in [9.17, 15) is 14.7 Å². The van der Waals surface area contributed by atoms with Crippen LogP contribution in [-0.2, 0) is 9.59 Å². The number of hydrogen-bond donors (Lipinski definition) is 1. The van der Waals surface area contributed by atoms with Gasteiger partial charge in [0.25, 0.3) is 0 Å². The van der Waals surface area contributed by atoms with Crippen LogP contribution in [0.4, 0.5) is 0 Å². The minimum Gasteiger partial charge on any atom is -0.381 e. The zero-order chi connectivity index (χ0) is 22.1. The average molecular weight is 409 g/mol. The lowest BCUT2D eigenvalue weighted by molar-refractivity contribution is -0.172. The maximum Gasteiger partial charge on any atom is 0.178 e. The smallest absolute Gasteiger partial charge is 0.178 e. The number of fused-ring (bicyclic) bond motifs is 5. The Labute approximate surface area is 181 Å². The molecule has 1 N–H and O–H groups in total. The Hall–Kier alpha value is -1.70. The molecular weight excluding hydrogens is 372 g/mol. The molecule has 3 fully saturated rings. The molecule has 4 aliphatic carbocycles. The van der Waals surface area contributed by atoms with Crippen LogP contribution in [-0.4, -0.2) is 22.3 Å². The van der Waals surface area contributed by atoms with Gasteiger partial charge in [0.05, 0.1) is 0 Å². The third-order valence-corrected chi connectivity index (χ3v) is 9.57. The lowest BCUT2D eigenvalue weighted by Crippen LogP contribution is -2.61. The first-order chi connectivity index (χ1) is 14.0. The fraction of sp³-hybridized carbons (Fsp3) is 0.667. The van der Waals surface area contributed by atoms with Gasteiger partial charge in [-0.1, -0.05) is 52.8 Å². The van der Waals surface area contributed by atoms with Gasteiger partial charge < -0.3 is 5.11 Å². The third-order valence-electron chi connectivity index (χ3n) is 9.57. The van der Waals surface area contributed by atoms with Crippen LogP contribution >= 0.6 is 0 Å². The van der Waals surface area contributed by atoms with Crippen molar-refractivity contribution in [1.29, 1.82) is 0 Å². The summed E-state index contributed by atoms with van der Waals surface area (Å²) < 4.78 is 0. The van der Waals surface area contributed by atoms with E-state index >= 15 is 0 Å². The standard InChI is InChI=1S/C27H36O3/c1-7-8-9-23(29)27(30)18(4)13-22-20-12-16(2)21-14-19(28)10-11-25(21,5)24(20)17(3)15-26(22,27)6/h8,10-11,14,16-18,20,22,24,30H,1,9,12-13,15H2,2-6H3/t16-,17-,18+,20-,22-,24-,25-,26-,27-/m0/s1. The van der Waals surface area contributed by atoms with Crippen LogP contribution in [0.3, 0.4) is 0 Å². The summed E-state index contributed by atoms with van der Waals surface area (Å²) in [5.41, 5.74) is 2.12. The SMILES string of the molecule is C=C=CCC(=O)[C@@]1(O)[C@H](C)C[C@H]2[C@@H]3C[C@H](C)C4=CC(=O)C=C[C@]4(C)[C@H]3[C@@H](C)C[C@@]21C. The Morgan fingerprint density at radius 3 is 2.67 bits per heavy atom. The fourth-order valence-corrected chi connectivity index (χ4v) is 8.56. The summed E-state index contributed by atoms with van der Waals surface area (Å²) in [5.74, 6) is 1.83. The number of Topliss-reactive ketones (excluding diaryl/α,β-unsaturated/α-hetero) is 1. The molecule has 0 aromatic heterocycles. The molecule has 0 heterocycles. The van der Waals surface area contributed by atoms with E-state index in [2.05, 4.69) is 53.0 Å². The molecular formula is C27H36O3. The summed E-state index contributed by atoms with van der Waals surface area (Å²) in [4.78, 5) is 25.4. The summed E-state index contributed by atoms with van der Waals surface area (Å²) in [6.07, 6.45) is 10.4. The molecule has 0 spiro atoms. The molecule has 0 aromatic rings. The zero-order valence-electron chi connectivity index (χ0n) is 19.1. The number of rotatable bonds is 3. The van der Waals surface area contributed by atoms with Gasteiger partial charge in [-0.3, -0.25) is 9.59 Å². The summed E-state index contributed by atoms with van der Waals surface area (Å²) in [5, 5.41) is 11.9. The molecule has 0 unspecified atom stereocenters. The number of carbonyl (C=O) groups excluding carboxylic acids is 2. The zero-order valence-corrected chi connectivity index (χ0v) is 19.1.